The normalized spacial score (nSPS) is 20.0. The Balaban J connectivity index is 1.82. The highest BCUT2D eigenvalue weighted by molar-refractivity contribution is 6.33. The van der Waals surface area contributed by atoms with Gasteiger partial charge in [0, 0.05) is 13.2 Å². The average Bonchev–Trinajstić information content (AvgIpc) is 2.76. The van der Waals surface area contributed by atoms with Gasteiger partial charge in [-0.15, -0.1) is 0 Å². The highest BCUT2D eigenvalue weighted by atomic mass is 35.5. The summed E-state index contributed by atoms with van der Waals surface area (Å²) < 4.78 is 18.4. The predicted molar refractivity (Wildman–Crippen MR) is 63.5 cm³/mol. The summed E-state index contributed by atoms with van der Waals surface area (Å²) in [7, 11) is 0. The van der Waals surface area contributed by atoms with Gasteiger partial charge in [0.05, 0.1) is 16.8 Å². The minimum atomic E-state index is -0.274. The number of hydrogen-bond donors (Lipinski definition) is 1. The molecule has 1 aliphatic rings. The van der Waals surface area contributed by atoms with Crippen molar-refractivity contribution in [2.45, 2.75) is 25.4 Å². The van der Waals surface area contributed by atoms with Crippen molar-refractivity contribution in [2.24, 2.45) is 0 Å². The second-order valence-electron chi connectivity index (χ2n) is 3.97. The second kappa shape index (κ2) is 5.51. The smallest absolute Gasteiger partial charge is 0.125 e. The number of ether oxygens (including phenoxy) is 1. The molecule has 0 aliphatic carbocycles. The lowest BCUT2D eigenvalue weighted by atomic mass is 10.2. The molecular weight excluding hydrogens is 229 g/mol. The van der Waals surface area contributed by atoms with E-state index in [0.29, 0.717) is 16.8 Å². The van der Waals surface area contributed by atoms with E-state index in [2.05, 4.69) is 5.32 Å². The number of benzene rings is 1. The van der Waals surface area contributed by atoms with Gasteiger partial charge in [0.2, 0.25) is 0 Å². The summed E-state index contributed by atoms with van der Waals surface area (Å²) in [4.78, 5) is 0. The molecule has 2 nitrogen and oxygen atoms in total. The van der Waals surface area contributed by atoms with Gasteiger partial charge >= 0.3 is 0 Å². The Hall–Kier alpha value is -0.800. The highest BCUT2D eigenvalue weighted by Crippen LogP contribution is 2.23. The fourth-order valence-electron chi connectivity index (χ4n) is 1.87. The zero-order chi connectivity index (χ0) is 11.4. The molecule has 2 rings (SSSR count). The van der Waals surface area contributed by atoms with Crippen molar-refractivity contribution in [2.75, 3.05) is 18.5 Å². The quantitative estimate of drug-likeness (QED) is 0.875. The van der Waals surface area contributed by atoms with Gasteiger partial charge in [-0.05, 0) is 37.5 Å². The minimum absolute atomic E-state index is 0.274. The van der Waals surface area contributed by atoms with E-state index in [1.165, 1.54) is 12.1 Å². The summed E-state index contributed by atoms with van der Waals surface area (Å²) in [5, 5.41) is 3.68. The number of rotatable bonds is 4. The first kappa shape index (κ1) is 11.7. The van der Waals surface area contributed by atoms with Crippen molar-refractivity contribution < 1.29 is 9.13 Å². The molecule has 1 fully saturated rings. The lowest BCUT2D eigenvalue weighted by Crippen LogP contribution is -2.12. The minimum Gasteiger partial charge on any atom is -0.384 e. The molecule has 88 valence electrons. The fraction of sp³-hybridized carbons (Fsp3) is 0.500. The van der Waals surface area contributed by atoms with Crippen LogP contribution in [0.1, 0.15) is 19.3 Å². The molecule has 16 heavy (non-hydrogen) atoms. The molecule has 0 radical (unpaired) electrons. The summed E-state index contributed by atoms with van der Waals surface area (Å²) in [6.07, 6.45) is 3.55. The first-order chi connectivity index (χ1) is 7.75. The number of nitrogens with one attached hydrogen (secondary N) is 1. The van der Waals surface area contributed by atoms with E-state index >= 15 is 0 Å². The number of hydrogen-bond acceptors (Lipinski definition) is 2. The Morgan fingerprint density at radius 1 is 1.50 bits per heavy atom. The maximum absolute atomic E-state index is 13.0. The summed E-state index contributed by atoms with van der Waals surface area (Å²) >= 11 is 5.93. The van der Waals surface area contributed by atoms with E-state index in [1.54, 1.807) is 6.07 Å². The van der Waals surface area contributed by atoms with E-state index < -0.39 is 0 Å². The van der Waals surface area contributed by atoms with Crippen LogP contribution in [-0.4, -0.2) is 19.3 Å². The van der Waals surface area contributed by atoms with Crippen LogP contribution in [0.25, 0.3) is 0 Å². The number of halogens is 2. The maximum Gasteiger partial charge on any atom is 0.125 e. The zero-order valence-electron chi connectivity index (χ0n) is 9.01. The Bertz CT molecular complexity index is 353. The zero-order valence-corrected chi connectivity index (χ0v) is 9.77. The Morgan fingerprint density at radius 2 is 2.38 bits per heavy atom. The Morgan fingerprint density at radius 3 is 3.12 bits per heavy atom. The van der Waals surface area contributed by atoms with Crippen molar-refractivity contribution in [3.63, 3.8) is 0 Å². The molecule has 0 bridgehead atoms. The van der Waals surface area contributed by atoms with Crippen molar-refractivity contribution in [1.82, 2.24) is 0 Å². The Kier molecular flexibility index (Phi) is 4.02. The summed E-state index contributed by atoms with van der Waals surface area (Å²) in [6, 6.07) is 4.33. The van der Waals surface area contributed by atoms with Crippen LogP contribution in [0, 0.1) is 5.82 Å². The fourth-order valence-corrected chi connectivity index (χ4v) is 2.06. The monoisotopic (exact) mass is 243 g/mol. The molecule has 1 saturated heterocycles. The molecule has 0 amide bonds. The SMILES string of the molecule is Fc1ccc(Cl)c(NCCC2CCCO2)c1. The molecule has 1 N–H and O–H groups in total. The van der Waals surface area contributed by atoms with Crippen LogP contribution in [0.15, 0.2) is 18.2 Å². The third-order valence-electron chi connectivity index (χ3n) is 2.73. The van der Waals surface area contributed by atoms with Crippen molar-refractivity contribution in [3.8, 4) is 0 Å². The summed E-state index contributed by atoms with van der Waals surface area (Å²) in [6.45, 7) is 1.62. The van der Waals surface area contributed by atoms with Crippen LogP contribution in [0.2, 0.25) is 5.02 Å². The van der Waals surface area contributed by atoms with Gasteiger partial charge in [0.25, 0.3) is 0 Å². The summed E-state index contributed by atoms with van der Waals surface area (Å²) in [5.74, 6) is -0.274. The van der Waals surface area contributed by atoms with Crippen LogP contribution in [-0.2, 0) is 4.74 Å². The third kappa shape index (κ3) is 3.09. The topological polar surface area (TPSA) is 21.3 Å². The molecule has 0 spiro atoms. The molecule has 0 saturated carbocycles. The van der Waals surface area contributed by atoms with E-state index in [1.807, 2.05) is 0 Å². The third-order valence-corrected chi connectivity index (χ3v) is 3.06. The average molecular weight is 244 g/mol. The van der Waals surface area contributed by atoms with Crippen LogP contribution >= 0.6 is 11.6 Å². The maximum atomic E-state index is 13.0. The van der Waals surface area contributed by atoms with Crippen molar-refractivity contribution in [1.29, 1.82) is 0 Å². The van der Waals surface area contributed by atoms with Gasteiger partial charge in [-0.2, -0.15) is 0 Å². The molecule has 1 aromatic rings. The van der Waals surface area contributed by atoms with E-state index in [4.69, 9.17) is 16.3 Å². The van der Waals surface area contributed by atoms with Gasteiger partial charge in [0.1, 0.15) is 5.82 Å². The van der Waals surface area contributed by atoms with Gasteiger partial charge in [-0.1, -0.05) is 11.6 Å². The molecular formula is C12H15ClFNO. The van der Waals surface area contributed by atoms with Gasteiger partial charge in [0.15, 0.2) is 0 Å². The highest BCUT2D eigenvalue weighted by Gasteiger charge is 2.14. The molecule has 1 atom stereocenters. The Labute approximate surface area is 99.7 Å². The molecule has 4 heteroatoms. The van der Waals surface area contributed by atoms with Crippen LogP contribution in [0.5, 0.6) is 0 Å². The van der Waals surface area contributed by atoms with Crippen LogP contribution in [0.3, 0.4) is 0 Å². The molecule has 1 heterocycles. The molecule has 1 aromatic carbocycles. The van der Waals surface area contributed by atoms with Gasteiger partial charge < -0.3 is 10.1 Å². The largest absolute Gasteiger partial charge is 0.384 e. The predicted octanol–water partition coefficient (Wildman–Crippen LogP) is 3.46. The first-order valence-corrected chi connectivity index (χ1v) is 5.94. The van der Waals surface area contributed by atoms with E-state index in [0.717, 1.165) is 32.4 Å². The van der Waals surface area contributed by atoms with E-state index in [9.17, 15) is 4.39 Å². The standard InChI is InChI=1S/C12H15ClFNO/c13-11-4-3-9(14)8-12(11)15-6-5-10-2-1-7-16-10/h3-4,8,10,15H,1-2,5-7H2. The molecule has 1 unspecified atom stereocenters. The number of anilines is 1. The van der Waals surface area contributed by atoms with Crippen LogP contribution in [0.4, 0.5) is 10.1 Å². The van der Waals surface area contributed by atoms with E-state index in [-0.39, 0.29) is 5.82 Å². The molecule has 0 aromatic heterocycles. The second-order valence-corrected chi connectivity index (χ2v) is 4.38. The van der Waals surface area contributed by atoms with Crippen LogP contribution < -0.4 is 5.32 Å². The van der Waals surface area contributed by atoms with Crippen molar-refractivity contribution >= 4 is 17.3 Å². The van der Waals surface area contributed by atoms with Crippen molar-refractivity contribution in [3.05, 3.63) is 29.0 Å². The summed E-state index contributed by atoms with van der Waals surface area (Å²) in [5.41, 5.74) is 0.652. The lowest BCUT2D eigenvalue weighted by Gasteiger charge is -2.11. The first-order valence-electron chi connectivity index (χ1n) is 5.56. The lowest BCUT2D eigenvalue weighted by molar-refractivity contribution is 0.107. The molecule has 1 aliphatic heterocycles. The van der Waals surface area contributed by atoms with Gasteiger partial charge in [-0.3, -0.25) is 0 Å². The van der Waals surface area contributed by atoms with Gasteiger partial charge in [-0.25, -0.2) is 4.39 Å².